The second kappa shape index (κ2) is 7.95. The molecule has 0 saturated heterocycles. The quantitative estimate of drug-likeness (QED) is 0.739. The molecule has 0 saturated carbocycles. The Labute approximate surface area is 174 Å². The van der Waals surface area contributed by atoms with Crippen molar-refractivity contribution in [1.29, 1.82) is 0 Å². The molecule has 0 aromatic heterocycles. The number of nitrogens with one attached hydrogen (secondary N) is 2. The number of aryl methyl sites for hydroxylation is 3. The molecule has 2 N–H and O–H groups in total. The molecule has 0 bridgehead atoms. The van der Waals surface area contributed by atoms with Gasteiger partial charge in [0.05, 0.1) is 5.75 Å². The summed E-state index contributed by atoms with van der Waals surface area (Å²) in [5.74, 6) is -0.961. The smallest absolute Gasteiger partial charge is 0.307 e. The lowest BCUT2D eigenvalue weighted by Crippen LogP contribution is -2.37. The summed E-state index contributed by atoms with van der Waals surface area (Å²) in [5.41, 5.74) is 5.77. The summed E-state index contributed by atoms with van der Waals surface area (Å²) >= 11 is 5.71. The normalized spacial score (nSPS) is 15.1. The van der Waals surface area contributed by atoms with E-state index in [1.165, 1.54) is 23.3 Å². The lowest BCUT2D eigenvalue weighted by molar-refractivity contribution is 0.256. The van der Waals surface area contributed by atoms with E-state index < -0.39 is 27.6 Å². The summed E-state index contributed by atoms with van der Waals surface area (Å²) in [6.45, 7) is 0. The molecule has 0 atom stereocenters. The largest absolute Gasteiger partial charge is 0.332 e. The van der Waals surface area contributed by atoms with E-state index >= 15 is 0 Å². The maximum atomic E-state index is 13.9. The Hall–Kier alpha value is -2.12. The van der Waals surface area contributed by atoms with Crippen LogP contribution in [-0.2, 0) is 42.1 Å². The molecule has 2 aliphatic rings. The molecule has 29 heavy (non-hydrogen) atoms. The van der Waals surface area contributed by atoms with E-state index in [9.17, 15) is 17.6 Å². The van der Waals surface area contributed by atoms with E-state index in [0.717, 1.165) is 61.4 Å². The van der Waals surface area contributed by atoms with E-state index in [4.69, 9.17) is 11.6 Å². The molecule has 0 spiro atoms. The summed E-state index contributed by atoms with van der Waals surface area (Å²) < 4.78 is 40.6. The Balaban J connectivity index is 1.45. The Kier molecular flexibility index (Phi) is 5.53. The highest BCUT2D eigenvalue weighted by Gasteiger charge is 2.26. The topological polar surface area (TPSA) is 75.3 Å². The lowest BCUT2D eigenvalue weighted by atomic mass is 9.99. The van der Waals surface area contributed by atoms with Crippen molar-refractivity contribution in [2.45, 2.75) is 44.9 Å². The number of sulfonamides is 1. The van der Waals surface area contributed by atoms with Gasteiger partial charge in [-0.25, -0.2) is 22.3 Å². The maximum Gasteiger partial charge on any atom is 0.332 e. The third-order valence-electron chi connectivity index (χ3n) is 5.62. The number of hydrogen-bond acceptors (Lipinski definition) is 3. The number of fused-ring (bicyclic) bond motifs is 2. The molecule has 0 radical (unpaired) electrons. The zero-order valence-electron chi connectivity index (χ0n) is 15.9. The number of halogens is 2. The van der Waals surface area contributed by atoms with E-state index in [-0.39, 0.29) is 17.0 Å². The van der Waals surface area contributed by atoms with E-state index in [0.29, 0.717) is 0 Å². The van der Waals surface area contributed by atoms with Gasteiger partial charge in [0.1, 0.15) is 5.82 Å². The number of rotatable bonds is 5. The molecule has 2 amide bonds. The molecule has 2 aliphatic carbocycles. The fourth-order valence-electron chi connectivity index (χ4n) is 4.27. The van der Waals surface area contributed by atoms with Crippen LogP contribution in [0.1, 0.15) is 40.7 Å². The van der Waals surface area contributed by atoms with Crippen molar-refractivity contribution in [2.24, 2.45) is 0 Å². The molecule has 2 aromatic carbocycles. The van der Waals surface area contributed by atoms with Crippen LogP contribution in [0.15, 0.2) is 24.3 Å². The molecule has 0 aliphatic heterocycles. The van der Waals surface area contributed by atoms with Gasteiger partial charge < -0.3 is 5.32 Å². The summed E-state index contributed by atoms with van der Waals surface area (Å²) in [7, 11) is -3.92. The van der Waals surface area contributed by atoms with Crippen LogP contribution in [0.4, 0.5) is 14.9 Å². The van der Waals surface area contributed by atoms with E-state index in [2.05, 4.69) is 16.1 Å². The second-order valence-electron chi connectivity index (χ2n) is 7.59. The molecule has 154 valence electrons. The standard InChI is InChI=1S/C21H22ClFN2O3S/c22-16-8-7-13(19(23)12-16)9-10-29(27,28)25-21(26)24-20-17-5-1-3-14(17)11-15-4-2-6-18(15)20/h7-8,11-12H,1-6,9-10H2,(H2,24,25,26). The first-order chi connectivity index (χ1) is 13.8. The minimum absolute atomic E-state index is 0.0538. The van der Waals surface area contributed by atoms with Gasteiger partial charge in [-0.15, -0.1) is 0 Å². The number of amides is 2. The first kappa shape index (κ1) is 20.2. The van der Waals surface area contributed by atoms with Crippen LogP contribution < -0.4 is 10.0 Å². The minimum Gasteiger partial charge on any atom is -0.307 e. The number of anilines is 1. The predicted octanol–water partition coefficient (Wildman–Crippen LogP) is 4.15. The molecule has 4 rings (SSSR count). The third kappa shape index (κ3) is 4.41. The summed E-state index contributed by atoms with van der Waals surface area (Å²) in [5, 5.41) is 3.04. The highest BCUT2D eigenvalue weighted by Crippen LogP contribution is 2.38. The second-order valence-corrected chi connectivity index (χ2v) is 9.87. The van der Waals surface area contributed by atoms with Crippen LogP contribution in [0, 0.1) is 5.82 Å². The number of benzene rings is 2. The average Bonchev–Trinajstić information content (AvgIpc) is 3.29. The van der Waals surface area contributed by atoms with Gasteiger partial charge in [-0.3, -0.25) is 0 Å². The number of carbonyl (C=O) groups excluding carboxylic acids is 1. The Morgan fingerprint density at radius 1 is 1.03 bits per heavy atom. The van der Waals surface area contributed by atoms with E-state index in [1.807, 2.05) is 0 Å². The highest BCUT2D eigenvalue weighted by molar-refractivity contribution is 7.90. The molecule has 0 fully saturated rings. The first-order valence-electron chi connectivity index (χ1n) is 9.74. The third-order valence-corrected chi connectivity index (χ3v) is 7.09. The van der Waals surface area contributed by atoms with Gasteiger partial charge in [0.2, 0.25) is 10.0 Å². The van der Waals surface area contributed by atoms with Crippen molar-refractivity contribution < 1.29 is 17.6 Å². The molecule has 5 nitrogen and oxygen atoms in total. The van der Waals surface area contributed by atoms with Crippen molar-refractivity contribution in [3.05, 3.63) is 62.9 Å². The molecule has 8 heteroatoms. The Morgan fingerprint density at radius 2 is 1.69 bits per heavy atom. The van der Waals surface area contributed by atoms with Crippen molar-refractivity contribution in [1.82, 2.24) is 4.72 Å². The summed E-state index contributed by atoms with van der Waals surface area (Å²) in [6, 6.07) is 5.56. The fraction of sp³-hybridized carbons (Fsp3) is 0.381. The Morgan fingerprint density at radius 3 is 2.31 bits per heavy atom. The molecular weight excluding hydrogens is 415 g/mol. The first-order valence-corrected chi connectivity index (χ1v) is 11.8. The summed E-state index contributed by atoms with van der Waals surface area (Å²) in [6.07, 6.45) is 5.79. The van der Waals surface area contributed by atoms with Gasteiger partial charge in [0, 0.05) is 10.7 Å². The van der Waals surface area contributed by atoms with Crippen molar-refractivity contribution in [3.8, 4) is 0 Å². The van der Waals surface area contributed by atoms with Gasteiger partial charge in [0.25, 0.3) is 0 Å². The number of carbonyl (C=O) groups is 1. The fourth-order valence-corrected chi connectivity index (χ4v) is 5.35. The van der Waals surface area contributed by atoms with Crippen LogP contribution in [0.5, 0.6) is 0 Å². The maximum absolute atomic E-state index is 13.9. The average molecular weight is 437 g/mol. The van der Waals surface area contributed by atoms with Gasteiger partial charge in [-0.1, -0.05) is 23.7 Å². The van der Waals surface area contributed by atoms with Crippen molar-refractivity contribution >= 4 is 33.3 Å². The van der Waals surface area contributed by atoms with Crippen LogP contribution >= 0.6 is 11.6 Å². The molecule has 2 aromatic rings. The van der Waals surface area contributed by atoms with Gasteiger partial charge in [0.15, 0.2) is 0 Å². The summed E-state index contributed by atoms with van der Waals surface area (Å²) in [4.78, 5) is 12.5. The van der Waals surface area contributed by atoms with Crippen LogP contribution in [-0.4, -0.2) is 20.2 Å². The zero-order valence-corrected chi connectivity index (χ0v) is 17.4. The molecule has 0 heterocycles. The molecule has 0 unspecified atom stereocenters. The van der Waals surface area contributed by atoms with Crippen molar-refractivity contribution in [3.63, 3.8) is 0 Å². The van der Waals surface area contributed by atoms with Crippen LogP contribution in [0.3, 0.4) is 0 Å². The number of urea groups is 1. The Bertz CT molecular complexity index is 1050. The van der Waals surface area contributed by atoms with Gasteiger partial charge in [-0.05, 0) is 84.9 Å². The lowest BCUT2D eigenvalue weighted by Gasteiger charge is -2.16. The SMILES string of the molecule is O=C(Nc1c2c(cc3c1CCC3)CCC2)NS(=O)(=O)CCc1ccc(Cl)cc1F. The zero-order chi connectivity index (χ0) is 20.6. The van der Waals surface area contributed by atoms with Gasteiger partial charge >= 0.3 is 6.03 Å². The van der Waals surface area contributed by atoms with Crippen molar-refractivity contribution in [2.75, 3.05) is 11.1 Å². The van der Waals surface area contributed by atoms with E-state index in [1.54, 1.807) is 0 Å². The molecular formula is C21H22ClFN2O3S. The predicted molar refractivity (Wildman–Crippen MR) is 112 cm³/mol. The van der Waals surface area contributed by atoms with Crippen LogP contribution in [0.25, 0.3) is 0 Å². The monoisotopic (exact) mass is 436 g/mol. The van der Waals surface area contributed by atoms with Crippen LogP contribution in [0.2, 0.25) is 5.02 Å². The minimum atomic E-state index is -3.92. The van der Waals surface area contributed by atoms with Gasteiger partial charge in [-0.2, -0.15) is 0 Å². The highest BCUT2D eigenvalue weighted by atomic mass is 35.5. The number of hydrogen-bond donors (Lipinski definition) is 2.